The third-order valence-electron chi connectivity index (χ3n) is 3.41. The molecule has 0 saturated carbocycles. The summed E-state index contributed by atoms with van der Waals surface area (Å²) in [4.78, 5) is 11.5. The van der Waals surface area contributed by atoms with Gasteiger partial charge in [-0.3, -0.25) is 4.79 Å². The lowest BCUT2D eigenvalue weighted by atomic mass is 10.0. The average Bonchev–Trinajstić information content (AvgIpc) is 2.75. The number of ether oxygens (including phenoxy) is 1. The van der Waals surface area contributed by atoms with Gasteiger partial charge in [-0.25, -0.2) is 8.42 Å². The monoisotopic (exact) mass is 331 g/mol. The molecule has 0 spiro atoms. The first kappa shape index (κ1) is 16.1. The minimum absolute atomic E-state index is 0.0628. The Morgan fingerprint density at radius 3 is 2.43 bits per heavy atom. The van der Waals surface area contributed by atoms with E-state index in [1.807, 2.05) is 0 Å². The van der Waals surface area contributed by atoms with Crippen LogP contribution in [0.15, 0.2) is 29.2 Å². The molecule has 1 aliphatic rings. The van der Waals surface area contributed by atoms with Gasteiger partial charge in [-0.15, -0.1) is 11.8 Å². The zero-order chi connectivity index (χ0) is 15.8. The summed E-state index contributed by atoms with van der Waals surface area (Å²) >= 11 is 1.31. The summed E-state index contributed by atoms with van der Waals surface area (Å²) in [7, 11) is -2.36. The summed E-state index contributed by atoms with van der Waals surface area (Å²) in [6.07, 6.45) is 0. The van der Waals surface area contributed by atoms with Crippen LogP contribution in [0.3, 0.4) is 0 Å². The van der Waals surface area contributed by atoms with Crippen LogP contribution >= 0.6 is 11.8 Å². The lowest BCUT2D eigenvalue weighted by molar-refractivity contribution is -0.141. The molecule has 21 heavy (non-hydrogen) atoms. The van der Waals surface area contributed by atoms with E-state index in [4.69, 9.17) is 4.74 Å². The van der Waals surface area contributed by atoms with Crippen molar-refractivity contribution < 1.29 is 23.1 Å². The van der Waals surface area contributed by atoms with Crippen molar-refractivity contribution in [3.05, 3.63) is 24.3 Å². The number of carboxylic acids is 1. The van der Waals surface area contributed by atoms with E-state index in [-0.39, 0.29) is 10.8 Å². The van der Waals surface area contributed by atoms with E-state index in [1.54, 1.807) is 13.8 Å². The molecule has 0 amide bonds. The van der Waals surface area contributed by atoms with Crippen LogP contribution < -0.4 is 4.74 Å². The minimum atomic E-state index is -3.85. The highest BCUT2D eigenvalue weighted by molar-refractivity contribution is 8.02. The van der Waals surface area contributed by atoms with Crippen molar-refractivity contribution in [1.82, 2.24) is 4.31 Å². The first-order valence-corrected chi connectivity index (χ1v) is 8.65. The lowest BCUT2D eigenvalue weighted by Crippen LogP contribution is -2.48. The van der Waals surface area contributed by atoms with Gasteiger partial charge in [0.15, 0.2) is 0 Å². The number of rotatable bonds is 4. The van der Waals surface area contributed by atoms with Crippen molar-refractivity contribution in [1.29, 1.82) is 0 Å². The topological polar surface area (TPSA) is 83.9 Å². The van der Waals surface area contributed by atoms with E-state index < -0.39 is 26.8 Å². The Morgan fingerprint density at radius 1 is 1.38 bits per heavy atom. The molecule has 8 heteroatoms. The molecular formula is C13H17NO5S2. The van der Waals surface area contributed by atoms with Crippen LogP contribution in [0.1, 0.15) is 13.8 Å². The van der Waals surface area contributed by atoms with Crippen molar-refractivity contribution in [2.75, 3.05) is 13.0 Å². The van der Waals surface area contributed by atoms with E-state index in [1.165, 1.54) is 43.1 Å². The third kappa shape index (κ3) is 2.88. The molecule has 116 valence electrons. The summed E-state index contributed by atoms with van der Waals surface area (Å²) < 4.78 is 30.7. The van der Waals surface area contributed by atoms with Gasteiger partial charge in [-0.2, -0.15) is 4.31 Å². The molecule has 1 aromatic carbocycles. The number of sulfonamides is 1. The van der Waals surface area contributed by atoms with Gasteiger partial charge in [-0.1, -0.05) is 0 Å². The molecule has 6 nitrogen and oxygen atoms in total. The van der Waals surface area contributed by atoms with E-state index >= 15 is 0 Å². The van der Waals surface area contributed by atoms with Gasteiger partial charge in [0.2, 0.25) is 10.0 Å². The lowest BCUT2D eigenvalue weighted by Gasteiger charge is -2.27. The molecule has 1 N–H and O–H groups in total. The Labute approximate surface area is 128 Å². The number of benzene rings is 1. The smallest absolute Gasteiger partial charge is 0.323 e. The number of carbonyl (C=O) groups is 1. The highest BCUT2D eigenvalue weighted by atomic mass is 32.2. The molecule has 1 heterocycles. The fraction of sp³-hybridized carbons (Fsp3) is 0.462. The van der Waals surface area contributed by atoms with Crippen LogP contribution in [-0.4, -0.2) is 47.6 Å². The van der Waals surface area contributed by atoms with E-state index in [0.717, 1.165) is 4.31 Å². The predicted octanol–water partition coefficient (Wildman–Crippen LogP) is 1.62. The zero-order valence-electron chi connectivity index (χ0n) is 11.9. The molecule has 1 atom stereocenters. The fourth-order valence-corrected chi connectivity index (χ4v) is 5.40. The quantitative estimate of drug-likeness (QED) is 0.902. The first-order valence-electron chi connectivity index (χ1n) is 6.23. The second-order valence-electron chi connectivity index (χ2n) is 5.19. The van der Waals surface area contributed by atoms with Crippen LogP contribution in [0.4, 0.5) is 0 Å². The summed E-state index contributed by atoms with van der Waals surface area (Å²) in [5.74, 6) is -0.472. The zero-order valence-corrected chi connectivity index (χ0v) is 13.6. The molecule has 0 bridgehead atoms. The van der Waals surface area contributed by atoms with E-state index in [9.17, 15) is 18.3 Å². The number of carboxylic acid groups (broad SMARTS) is 1. The molecule has 2 rings (SSSR count). The normalized spacial score (nSPS) is 22.1. The van der Waals surface area contributed by atoms with Crippen molar-refractivity contribution in [3.8, 4) is 5.75 Å². The number of nitrogens with zero attached hydrogens (tertiary/aromatic N) is 1. The maximum absolute atomic E-state index is 12.6. The maximum atomic E-state index is 12.6. The number of thioether (sulfide) groups is 1. The molecule has 0 aromatic heterocycles. The maximum Gasteiger partial charge on any atom is 0.323 e. The van der Waals surface area contributed by atoms with Gasteiger partial charge in [0.25, 0.3) is 0 Å². The van der Waals surface area contributed by atoms with Crippen molar-refractivity contribution in [2.45, 2.75) is 29.5 Å². The van der Waals surface area contributed by atoms with Crippen LogP contribution in [0.25, 0.3) is 0 Å². The van der Waals surface area contributed by atoms with Crippen LogP contribution in [0.5, 0.6) is 5.75 Å². The Bertz CT molecular complexity index is 639. The summed E-state index contributed by atoms with van der Waals surface area (Å²) in [5.41, 5.74) is 0. The molecular weight excluding hydrogens is 314 g/mol. The third-order valence-corrected chi connectivity index (χ3v) is 6.77. The van der Waals surface area contributed by atoms with Gasteiger partial charge in [0.1, 0.15) is 11.8 Å². The van der Waals surface area contributed by atoms with Crippen LogP contribution in [0.2, 0.25) is 0 Å². The van der Waals surface area contributed by atoms with Crippen molar-refractivity contribution in [2.24, 2.45) is 0 Å². The second kappa shape index (κ2) is 5.51. The Hall–Kier alpha value is -1.25. The number of hydrogen-bond acceptors (Lipinski definition) is 5. The van der Waals surface area contributed by atoms with Crippen LogP contribution in [0, 0.1) is 0 Å². The SMILES string of the molecule is COc1ccc(S(=O)(=O)N2CSC(C)(C)C2C(=O)O)cc1. The van der Waals surface area contributed by atoms with Gasteiger partial charge in [0, 0.05) is 4.75 Å². The van der Waals surface area contributed by atoms with Crippen molar-refractivity contribution >= 4 is 27.8 Å². The Balaban J connectivity index is 2.41. The number of methoxy groups -OCH3 is 1. The predicted molar refractivity (Wildman–Crippen MR) is 80.0 cm³/mol. The molecule has 0 radical (unpaired) electrons. The van der Waals surface area contributed by atoms with E-state index in [0.29, 0.717) is 5.75 Å². The fourth-order valence-electron chi connectivity index (χ4n) is 2.24. The second-order valence-corrected chi connectivity index (χ2v) is 8.67. The summed E-state index contributed by atoms with van der Waals surface area (Å²) in [6, 6.07) is 4.83. The first-order chi connectivity index (χ1) is 9.70. The molecule has 1 aliphatic heterocycles. The van der Waals surface area contributed by atoms with Gasteiger partial charge in [0.05, 0.1) is 17.9 Å². The largest absolute Gasteiger partial charge is 0.497 e. The molecule has 1 saturated heterocycles. The highest BCUT2D eigenvalue weighted by Crippen LogP contribution is 2.42. The summed E-state index contributed by atoms with van der Waals surface area (Å²) in [6.45, 7) is 3.47. The summed E-state index contributed by atoms with van der Waals surface area (Å²) in [5, 5.41) is 9.37. The molecule has 0 aliphatic carbocycles. The van der Waals surface area contributed by atoms with E-state index in [2.05, 4.69) is 0 Å². The number of aliphatic carboxylic acids is 1. The highest BCUT2D eigenvalue weighted by Gasteiger charge is 2.51. The standard InChI is InChI=1S/C13H17NO5S2/c1-13(2)11(12(15)16)14(8-20-13)21(17,18)10-6-4-9(19-3)5-7-10/h4-7,11H,8H2,1-3H3,(H,15,16). The van der Waals surface area contributed by atoms with Crippen molar-refractivity contribution in [3.63, 3.8) is 0 Å². The van der Waals surface area contributed by atoms with Gasteiger partial charge < -0.3 is 9.84 Å². The minimum Gasteiger partial charge on any atom is -0.497 e. The Kier molecular flexibility index (Phi) is 4.23. The van der Waals surface area contributed by atoms with Crippen LogP contribution in [-0.2, 0) is 14.8 Å². The molecule has 1 fully saturated rings. The number of hydrogen-bond donors (Lipinski definition) is 1. The molecule has 1 unspecified atom stereocenters. The Morgan fingerprint density at radius 2 is 1.95 bits per heavy atom. The average molecular weight is 331 g/mol. The van der Waals surface area contributed by atoms with Gasteiger partial charge >= 0.3 is 5.97 Å². The molecule has 1 aromatic rings. The van der Waals surface area contributed by atoms with Gasteiger partial charge in [-0.05, 0) is 38.1 Å².